The van der Waals surface area contributed by atoms with E-state index >= 15 is 0 Å². The predicted octanol–water partition coefficient (Wildman–Crippen LogP) is 4.81. The normalized spacial score (nSPS) is 23.9. The van der Waals surface area contributed by atoms with Crippen LogP contribution in [0.2, 0.25) is 5.02 Å². The van der Waals surface area contributed by atoms with Crippen LogP contribution in [0.15, 0.2) is 35.4 Å². The number of thioether (sulfide) groups is 1. The standard InChI is InChI=1S/C17H19ClN2OS2/c1-2-13-7-3-4-9-19(13)11-15-16(21)20(17(22)23-15)14-8-5-6-12(18)10-14/h5-6,8,10-11,13H,2-4,7,9H2,1H3/b15-11-/t13-/m1/s1. The molecular formula is C17H19ClN2OS2. The maximum atomic E-state index is 12.8. The molecule has 0 spiro atoms. The fraction of sp³-hybridized carbons (Fsp3) is 0.412. The van der Waals surface area contributed by atoms with E-state index in [1.807, 2.05) is 18.3 Å². The molecule has 6 heteroatoms. The lowest BCUT2D eigenvalue weighted by molar-refractivity contribution is -0.113. The van der Waals surface area contributed by atoms with Crippen molar-refractivity contribution in [1.29, 1.82) is 0 Å². The number of hydrogen-bond acceptors (Lipinski definition) is 4. The number of nitrogens with zero attached hydrogens (tertiary/aromatic N) is 2. The molecule has 2 heterocycles. The van der Waals surface area contributed by atoms with E-state index in [-0.39, 0.29) is 5.91 Å². The van der Waals surface area contributed by atoms with Crippen LogP contribution in [0.1, 0.15) is 32.6 Å². The molecule has 0 aromatic heterocycles. The summed E-state index contributed by atoms with van der Waals surface area (Å²) in [5, 5.41) is 0.600. The summed E-state index contributed by atoms with van der Waals surface area (Å²) in [7, 11) is 0. The van der Waals surface area contributed by atoms with Gasteiger partial charge in [-0.1, -0.05) is 48.6 Å². The number of anilines is 1. The first-order chi connectivity index (χ1) is 11.1. The van der Waals surface area contributed by atoms with Gasteiger partial charge in [-0.15, -0.1) is 0 Å². The number of benzene rings is 1. The van der Waals surface area contributed by atoms with Gasteiger partial charge in [0.05, 0.1) is 10.6 Å². The first-order valence-corrected chi connectivity index (χ1v) is 9.50. The van der Waals surface area contributed by atoms with E-state index in [2.05, 4.69) is 11.8 Å². The van der Waals surface area contributed by atoms with Crippen LogP contribution >= 0.6 is 35.6 Å². The Morgan fingerprint density at radius 3 is 3.00 bits per heavy atom. The van der Waals surface area contributed by atoms with Gasteiger partial charge in [0.1, 0.15) is 0 Å². The number of likely N-dealkylation sites (tertiary alicyclic amines) is 1. The quantitative estimate of drug-likeness (QED) is 0.565. The summed E-state index contributed by atoms with van der Waals surface area (Å²) < 4.78 is 0.563. The topological polar surface area (TPSA) is 23.6 Å². The van der Waals surface area contributed by atoms with E-state index in [1.165, 1.54) is 31.0 Å². The van der Waals surface area contributed by atoms with Crippen molar-refractivity contribution in [3.05, 3.63) is 40.4 Å². The fourth-order valence-electron chi connectivity index (χ4n) is 3.08. The summed E-state index contributed by atoms with van der Waals surface area (Å²) in [6.45, 7) is 3.22. The predicted molar refractivity (Wildman–Crippen MR) is 102 cm³/mol. The minimum atomic E-state index is -0.0531. The second kappa shape index (κ2) is 7.24. The maximum absolute atomic E-state index is 12.8. The lowest BCUT2D eigenvalue weighted by Gasteiger charge is -2.34. The van der Waals surface area contributed by atoms with Gasteiger partial charge < -0.3 is 4.90 Å². The molecule has 1 aromatic rings. The summed E-state index contributed by atoms with van der Waals surface area (Å²) in [6, 6.07) is 7.77. The SMILES string of the molecule is CC[C@@H]1CCCCN1/C=C1\SC(=S)N(c2cccc(Cl)c2)C1=O. The van der Waals surface area contributed by atoms with Gasteiger partial charge in [-0.05, 0) is 43.9 Å². The first-order valence-electron chi connectivity index (χ1n) is 7.89. The highest BCUT2D eigenvalue weighted by atomic mass is 35.5. The average Bonchev–Trinajstić information content (AvgIpc) is 2.82. The Morgan fingerprint density at radius 1 is 1.43 bits per heavy atom. The number of amides is 1. The van der Waals surface area contributed by atoms with Crippen LogP contribution < -0.4 is 4.90 Å². The second-order valence-corrected chi connectivity index (χ2v) is 7.89. The Hall–Kier alpha value is -1.04. The van der Waals surface area contributed by atoms with Crippen LogP contribution in [-0.2, 0) is 4.79 Å². The largest absolute Gasteiger partial charge is 0.373 e. The van der Waals surface area contributed by atoms with Gasteiger partial charge in [-0.25, -0.2) is 0 Å². The van der Waals surface area contributed by atoms with Gasteiger partial charge in [-0.2, -0.15) is 0 Å². The van der Waals surface area contributed by atoms with Crippen molar-refractivity contribution in [3.63, 3.8) is 0 Å². The molecule has 2 aliphatic rings. The summed E-state index contributed by atoms with van der Waals surface area (Å²) in [5.41, 5.74) is 0.731. The smallest absolute Gasteiger partial charge is 0.272 e. The van der Waals surface area contributed by atoms with Crippen LogP contribution in [0.5, 0.6) is 0 Å². The Kier molecular flexibility index (Phi) is 5.29. The third kappa shape index (κ3) is 3.57. The molecule has 0 bridgehead atoms. The number of thiocarbonyl (C=S) groups is 1. The second-order valence-electron chi connectivity index (χ2n) is 5.78. The third-order valence-corrected chi connectivity index (χ3v) is 5.81. The molecule has 0 N–H and O–H groups in total. The van der Waals surface area contributed by atoms with E-state index < -0.39 is 0 Å². The van der Waals surface area contributed by atoms with Crippen molar-refractivity contribution in [1.82, 2.24) is 4.90 Å². The van der Waals surface area contributed by atoms with Crippen molar-refractivity contribution in [2.45, 2.75) is 38.6 Å². The first kappa shape index (κ1) is 16.8. The summed E-state index contributed by atoms with van der Waals surface area (Å²) in [6.07, 6.45) is 6.76. The van der Waals surface area contributed by atoms with E-state index in [9.17, 15) is 4.79 Å². The molecule has 122 valence electrons. The van der Waals surface area contributed by atoms with Gasteiger partial charge in [0.15, 0.2) is 4.32 Å². The van der Waals surface area contributed by atoms with Gasteiger partial charge >= 0.3 is 0 Å². The van der Waals surface area contributed by atoms with Gasteiger partial charge in [0, 0.05) is 23.8 Å². The van der Waals surface area contributed by atoms with Crippen molar-refractivity contribution >= 4 is 51.5 Å². The lowest BCUT2D eigenvalue weighted by atomic mass is 10.0. The molecule has 0 saturated carbocycles. The Balaban J connectivity index is 1.84. The average molecular weight is 367 g/mol. The molecule has 1 atom stereocenters. The Bertz CT molecular complexity index is 662. The summed E-state index contributed by atoms with van der Waals surface area (Å²) in [5.74, 6) is -0.0531. The van der Waals surface area contributed by atoms with Crippen molar-refractivity contribution < 1.29 is 4.79 Å². The van der Waals surface area contributed by atoms with Gasteiger partial charge in [0.2, 0.25) is 0 Å². The minimum absolute atomic E-state index is 0.0531. The third-order valence-electron chi connectivity index (χ3n) is 4.29. The van der Waals surface area contributed by atoms with E-state index in [0.717, 1.165) is 18.7 Å². The maximum Gasteiger partial charge on any atom is 0.272 e. The monoisotopic (exact) mass is 366 g/mol. The van der Waals surface area contributed by atoms with E-state index in [4.69, 9.17) is 23.8 Å². The van der Waals surface area contributed by atoms with Crippen LogP contribution in [0, 0.1) is 0 Å². The number of halogens is 1. The molecule has 2 aliphatic heterocycles. The van der Waals surface area contributed by atoms with E-state index in [0.29, 0.717) is 20.3 Å². The molecule has 2 fully saturated rings. The highest BCUT2D eigenvalue weighted by Crippen LogP contribution is 2.36. The zero-order valence-electron chi connectivity index (χ0n) is 13.0. The Morgan fingerprint density at radius 2 is 2.26 bits per heavy atom. The molecule has 0 unspecified atom stereocenters. The number of carbonyl (C=O) groups excluding carboxylic acids is 1. The highest BCUT2D eigenvalue weighted by molar-refractivity contribution is 8.27. The number of rotatable bonds is 3. The van der Waals surface area contributed by atoms with Crippen molar-refractivity contribution in [2.75, 3.05) is 11.4 Å². The fourth-order valence-corrected chi connectivity index (χ4v) is 4.55. The number of carbonyl (C=O) groups is 1. The van der Waals surface area contributed by atoms with Crippen LogP contribution in [0.25, 0.3) is 0 Å². The molecule has 1 aromatic carbocycles. The zero-order chi connectivity index (χ0) is 16.4. The Labute approximate surface area is 151 Å². The molecule has 3 rings (SSSR count). The van der Waals surface area contributed by atoms with Crippen LogP contribution in [0.3, 0.4) is 0 Å². The molecule has 23 heavy (non-hydrogen) atoms. The number of hydrogen-bond donors (Lipinski definition) is 0. The summed E-state index contributed by atoms with van der Waals surface area (Å²) >= 11 is 12.8. The summed E-state index contributed by atoms with van der Waals surface area (Å²) in [4.78, 5) is 17.4. The molecule has 0 radical (unpaired) electrons. The molecule has 0 aliphatic carbocycles. The molecule has 3 nitrogen and oxygen atoms in total. The molecule has 1 amide bonds. The van der Waals surface area contributed by atoms with Crippen LogP contribution in [0.4, 0.5) is 5.69 Å². The minimum Gasteiger partial charge on any atom is -0.373 e. The highest BCUT2D eigenvalue weighted by Gasteiger charge is 2.34. The van der Waals surface area contributed by atoms with Gasteiger partial charge in [0.25, 0.3) is 5.91 Å². The molecular weight excluding hydrogens is 348 g/mol. The van der Waals surface area contributed by atoms with Gasteiger partial charge in [-0.3, -0.25) is 9.69 Å². The lowest BCUT2D eigenvalue weighted by Crippen LogP contribution is -2.35. The van der Waals surface area contributed by atoms with E-state index in [1.54, 1.807) is 17.0 Å². The van der Waals surface area contributed by atoms with Crippen molar-refractivity contribution in [3.8, 4) is 0 Å². The van der Waals surface area contributed by atoms with Crippen LogP contribution in [-0.4, -0.2) is 27.7 Å². The van der Waals surface area contributed by atoms with Crippen molar-refractivity contribution in [2.24, 2.45) is 0 Å². The molecule has 2 saturated heterocycles. The number of piperidine rings is 1. The zero-order valence-corrected chi connectivity index (χ0v) is 15.4.